The van der Waals surface area contributed by atoms with Crippen molar-refractivity contribution in [2.45, 2.75) is 20.4 Å². The Morgan fingerprint density at radius 3 is 2.18 bits per heavy atom. The third-order valence-electron chi connectivity index (χ3n) is 3.30. The average Bonchev–Trinajstić information content (AvgIpc) is 2.50. The molecule has 0 saturated carbocycles. The molecule has 0 bridgehead atoms. The molecule has 0 amide bonds. The molecule has 0 radical (unpaired) electrons. The second kappa shape index (κ2) is 7.71. The predicted octanol–water partition coefficient (Wildman–Crippen LogP) is 3.23. The van der Waals surface area contributed by atoms with Crippen LogP contribution in [-0.2, 0) is 6.54 Å². The van der Waals surface area contributed by atoms with E-state index >= 15 is 0 Å². The number of aryl methyl sites for hydroxylation is 2. The molecule has 0 atom stereocenters. The van der Waals surface area contributed by atoms with E-state index in [1.165, 1.54) is 11.1 Å². The van der Waals surface area contributed by atoms with Gasteiger partial charge in [-0.1, -0.05) is 12.1 Å². The molecule has 4 nitrogen and oxygen atoms in total. The first kappa shape index (κ1) is 16.2. The fourth-order valence-electron chi connectivity index (χ4n) is 2.29. The molecule has 2 aromatic carbocycles. The molecule has 0 aliphatic carbocycles. The maximum Gasteiger partial charge on any atom is 0.127 e. The van der Waals surface area contributed by atoms with Crippen LogP contribution in [0.15, 0.2) is 36.4 Å². The lowest BCUT2D eigenvalue weighted by Gasteiger charge is -2.13. The molecule has 118 valence electrons. The van der Waals surface area contributed by atoms with Crippen LogP contribution in [-0.4, -0.2) is 20.3 Å². The van der Waals surface area contributed by atoms with Crippen LogP contribution in [0, 0.1) is 13.8 Å². The van der Waals surface area contributed by atoms with Crippen LogP contribution in [0.2, 0.25) is 0 Å². The fraction of sp³-hybridized carbons (Fsp3) is 0.333. The summed E-state index contributed by atoms with van der Waals surface area (Å²) in [6.07, 6.45) is 0. The molecule has 0 fully saturated rings. The summed E-state index contributed by atoms with van der Waals surface area (Å²) in [5, 5.41) is 0. The van der Waals surface area contributed by atoms with Crippen molar-refractivity contribution in [1.29, 1.82) is 0 Å². The Balaban J connectivity index is 1.90. The summed E-state index contributed by atoms with van der Waals surface area (Å²) in [4.78, 5) is 0. The van der Waals surface area contributed by atoms with Crippen molar-refractivity contribution in [1.82, 2.24) is 0 Å². The van der Waals surface area contributed by atoms with Crippen LogP contribution in [0.3, 0.4) is 0 Å². The Morgan fingerprint density at radius 1 is 0.864 bits per heavy atom. The molecule has 4 heteroatoms. The zero-order valence-electron chi connectivity index (χ0n) is 13.4. The highest BCUT2D eigenvalue weighted by Gasteiger charge is 2.05. The van der Waals surface area contributed by atoms with Crippen molar-refractivity contribution in [3.05, 3.63) is 53.1 Å². The lowest BCUT2D eigenvalue weighted by molar-refractivity contribution is 0.215. The molecule has 2 aromatic rings. The summed E-state index contributed by atoms with van der Waals surface area (Å²) in [5.74, 6) is 2.36. The van der Waals surface area contributed by atoms with Gasteiger partial charge < -0.3 is 19.9 Å². The van der Waals surface area contributed by atoms with Crippen LogP contribution in [0.5, 0.6) is 17.2 Å². The van der Waals surface area contributed by atoms with Crippen LogP contribution < -0.4 is 19.9 Å². The van der Waals surface area contributed by atoms with Crippen molar-refractivity contribution >= 4 is 0 Å². The van der Waals surface area contributed by atoms with E-state index in [1.54, 1.807) is 7.11 Å². The van der Waals surface area contributed by atoms with E-state index in [2.05, 4.69) is 19.9 Å². The van der Waals surface area contributed by atoms with Crippen LogP contribution >= 0.6 is 0 Å². The van der Waals surface area contributed by atoms with Gasteiger partial charge in [0.25, 0.3) is 0 Å². The van der Waals surface area contributed by atoms with Gasteiger partial charge >= 0.3 is 0 Å². The largest absolute Gasteiger partial charge is 0.497 e. The summed E-state index contributed by atoms with van der Waals surface area (Å²) in [7, 11) is 1.63. The Morgan fingerprint density at radius 2 is 1.55 bits per heavy atom. The highest BCUT2D eigenvalue weighted by molar-refractivity contribution is 5.40. The van der Waals surface area contributed by atoms with Gasteiger partial charge in [0.2, 0.25) is 0 Å². The monoisotopic (exact) mass is 301 g/mol. The Labute approximate surface area is 131 Å². The highest BCUT2D eigenvalue weighted by atomic mass is 16.5. The number of hydrogen-bond acceptors (Lipinski definition) is 4. The van der Waals surface area contributed by atoms with Gasteiger partial charge in [0.15, 0.2) is 0 Å². The van der Waals surface area contributed by atoms with Crippen molar-refractivity contribution in [3.8, 4) is 17.2 Å². The van der Waals surface area contributed by atoms with Gasteiger partial charge in [0.05, 0.1) is 7.11 Å². The van der Waals surface area contributed by atoms with E-state index in [1.807, 2.05) is 30.3 Å². The molecule has 0 saturated heterocycles. The van der Waals surface area contributed by atoms with E-state index in [0.29, 0.717) is 19.8 Å². The minimum absolute atomic E-state index is 0.428. The normalized spacial score (nSPS) is 10.4. The van der Waals surface area contributed by atoms with Gasteiger partial charge in [0, 0.05) is 18.2 Å². The van der Waals surface area contributed by atoms with Crippen molar-refractivity contribution in [3.63, 3.8) is 0 Å². The topological polar surface area (TPSA) is 53.7 Å². The standard InChI is InChI=1S/C18H23NO3/c1-13-8-14(2)10-17(9-13)21-6-7-22-18-11-16(20-3)5-4-15(18)12-19/h4-5,8-11H,6-7,12,19H2,1-3H3. The Bertz CT molecular complexity index is 605. The lowest BCUT2D eigenvalue weighted by atomic mass is 10.1. The molecular formula is C18H23NO3. The molecule has 22 heavy (non-hydrogen) atoms. The zero-order valence-corrected chi connectivity index (χ0v) is 13.4. The second-order valence-corrected chi connectivity index (χ2v) is 5.20. The maximum absolute atomic E-state index is 5.77. The van der Waals surface area contributed by atoms with Crippen LogP contribution in [0.4, 0.5) is 0 Å². The fourth-order valence-corrected chi connectivity index (χ4v) is 2.29. The Hall–Kier alpha value is -2.20. The van der Waals surface area contributed by atoms with E-state index in [0.717, 1.165) is 22.8 Å². The third kappa shape index (κ3) is 4.40. The number of benzene rings is 2. The molecule has 2 N–H and O–H groups in total. The molecule has 0 heterocycles. The smallest absolute Gasteiger partial charge is 0.127 e. The third-order valence-corrected chi connectivity index (χ3v) is 3.30. The van der Waals surface area contributed by atoms with E-state index in [4.69, 9.17) is 19.9 Å². The summed E-state index contributed by atoms with van der Waals surface area (Å²) in [5.41, 5.74) is 9.05. The predicted molar refractivity (Wildman–Crippen MR) is 87.8 cm³/mol. The van der Waals surface area contributed by atoms with Crippen molar-refractivity contribution < 1.29 is 14.2 Å². The summed E-state index contributed by atoms with van der Waals surface area (Å²) >= 11 is 0. The van der Waals surface area contributed by atoms with E-state index < -0.39 is 0 Å². The average molecular weight is 301 g/mol. The van der Waals surface area contributed by atoms with Gasteiger partial charge in [-0.05, 0) is 43.2 Å². The van der Waals surface area contributed by atoms with Crippen LogP contribution in [0.25, 0.3) is 0 Å². The molecule has 0 aliphatic heterocycles. The van der Waals surface area contributed by atoms with E-state index in [9.17, 15) is 0 Å². The summed E-state index contributed by atoms with van der Waals surface area (Å²) in [6, 6.07) is 11.8. The molecular weight excluding hydrogens is 278 g/mol. The highest BCUT2D eigenvalue weighted by Crippen LogP contribution is 2.24. The zero-order chi connectivity index (χ0) is 15.9. The molecule has 0 unspecified atom stereocenters. The van der Waals surface area contributed by atoms with Gasteiger partial charge in [-0.3, -0.25) is 0 Å². The lowest BCUT2D eigenvalue weighted by Crippen LogP contribution is -2.11. The SMILES string of the molecule is COc1ccc(CN)c(OCCOc2cc(C)cc(C)c2)c1. The van der Waals surface area contributed by atoms with Gasteiger partial charge in [0.1, 0.15) is 30.5 Å². The first-order chi connectivity index (χ1) is 10.6. The Kier molecular flexibility index (Phi) is 5.67. The number of rotatable bonds is 7. The number of nitrogens with two attached hydrogens (primary N) is 1. The van der Waals surface area contributed by atoms with Gasteiger partial charge in [-0.25, -0.2) is 0 Å². The summed E-state index contributed by atoms with van der Waals surface area (Å²) < 4.78 is 16.7. The van der Waals surface area contributed by atoms with Gasteiger partial charge in [-0.2, -0.15) is 0 Å². The second-order valence-electron chi connectivity index (χ2n) is 5.20. The summed E-state index contributed by atoms with van der Waals surface area (Å²) in [6.45, 7) is 5.47. The molecule has 0 spiro atoms. The number of hydrogen-bond donors (Lipinski definition) is 1. The minimum Gasteiger partial charge on any atom is -0.497 e. The molecule has 0 aliphatic rings. The number of methoxy groups -OCH3 is 1. The number of ether oxygens (including phenoxy) is 3. The minimum atomic E-state index is 0.428. The maximum atomic E-state index is 5.77. The van der Waals surface area contributed by atoms with Crippen LogP contribution in [0.1, 0.15) is 16.7 Å². The van der Waals surface area contributed by atoms with Crippen molar-refractivity contribution in [2.24, 2.45) is 5.73 Å². The first-order valence-electron chi connectivity index (χ1n) is 7.33. The first-order valence-corrected chi connectivity index (χ1v) is 7.33. The van der Waals surface area contributed by atoms with Gasteiger partial charge in [-0.15, -0.1) is 0 Å². The molecule has 0 aromatic heterocycles. The molecule has 2 rings (SSSR count). The quantitative estimate of drug-likeness (QED) is 0.798. The van der Waals surface area contributed by atoms with E-state index in [-0.39, 0.29) is 0 Å². The van der Waals surface area contributed by atoms with Crippen molar-refractivity contribution in [2.75, 3.05) is 20.3 Å².